The predicted molar refractivity (Wildman–Crippen MR) is 144 cm³/mol. The number of nitrogens with zero attached hydrogens (tertiary/aromatic N) is 2. The maximum Gasteiger partial charge on any atom is 0.251 e. The monoisotopic (exact) mass is 516 g/mol. The summed E-state index contributed by atoms with van der Waals surface area (Å²) in [6.45, 7) is 5.21. The number of hydrogen-bond donors (Lipinski definition) is 2. The van der Waals surface area contributed by atoms with Crippen molar-refractivity contribution in [1.82, 2.24) is 14.3 Å². The first-order valence-corrected chi connectivity index (χ1v) is 13.1. The average molecular weight is 517 g/mol. The van der Waals surface area contributed by atoms with E-state index in [-0.39, 0.29) is 23.5 Å². The van der Waals surface area contributed by atoms with Crippen molar-refractivity contribution in [1.29, 1.82) is 0 Å². The van der Waals surface area contributed by atoms with E-state index in [2.05, 4.69) is 15.3 Å². The number of aromatic amines is 1. The number of H-pyrrole nitrogens is 1. The summed E-state index contributed by atoms with van der Waals surface area (Å²) in [5, 5.41) is 2.77. The van der Waals surface area contributed by atoms with Crippen molar-refractivity contribution in [3.8, 4) is 11.4 Å². The largest absolute Gasteiger partial charge is 0.325 e. The molecule has 0 aliphatic carbocycles. The third kappa shape index (κ3) is 6.58. The Kier molecular flexibility index (Phi) is 7.66. The molecule has 9 heteroatoms. The highest BCUT2D eigenvalue weighted by molar-refractivity contribution is 7.89. The Morgan fingerprint density at radius 3 is 2.22 bits per heavy atom. The quantitative estimate of drug-likeness (QED) is 0.365. The maximum absolute atomic E-state index is 13.5. The summed E-state index contributed by atoms with van der Waals surface area (Å²) in [6.07, 6.45) is 0. The van der Waals surface area contributed by atoms with Gasteiger partial charge in [-0.25, -0.2) is 13.4 Å². The van der Waals surface area contributed by atoms with Crippen LogP contribution in [0, 0.1) is 20.8 Å². The number of hydrogen-bond acceptors (Lipinski definition) is 5. The molecule has 0 bridgehead atoms. The summed E-state index contributed by atoms with van der Waals surface area (Å²) in [7, 11) is -3.95. The van der Waals surface area contributed by atoms with E-state index in [0.717, 1.165) is 16.7 Å². The summed E-state index contributed by atoms with van der Waals surface area (Å²) in [5.74, 6) is -0.116. The van der Waals surface area contributed by atoms with Gasteiger partial charge in [0.15, 0.2) is 0 Å². The second-order valence-electron chi connectivity index (χ2n) is 8.94. The van der Waals surface area contributed by atoms with Crippen LogP contribution in [0.5, 0.6) is 0 Å². The highest BCUT2D eigenvalue weighted by atomic mass is 32.2. The molecule has 8 nitrogen and oxygen atoms in total. The Hall–Kier alpha value is -4.08. The number of aromatic nitrogens is 2. The van der Waals surface area contributed by atoms with Crippen LogP contribution in [0.3, 0.4) is 0 Å². The molecule has 0 fully saturated rings. The van der Waals surface area contributed by atoms with Crippen LogP contribution in [-0.2, 0) is 21.4 Å². The lowest BCUT2D eigenvalue weighted by atomic mass is 10.1. The van der Waals surface area contributed by atoms with Gasteiger partial charge in [-0.2, -0.15) is 4.31 Å². The molecule has 0 saturated carbocycles. The molecule has 0 aliphatic rings. The predicted octanol–water partition coefficient (Wildman–Crippen LogP) is 4.19. The van der Waals surface area contributed by atoms with Gasteiger partial charge in [0.25, 0.3) is 5.56 Å². The van der Waals surface area contributed by atoms with Crippen molar-refractivity contribution in [3.05, 3.63) is 112 Å². The van der Waals surface area contributed by atoms with Gasteiger partial charge < -0.3 is 10.3 Å². The van der Waals surface area contributed by atoms with Crippen LogP contribution in [0.25, 0.3) is 11.4 Å². The summed E-state index contributed by atoms with van der Waals surface area (Å²) in [4.78, 5) is 32.0. The number of amides is 1. The standard InChI is InChI=1S/C28H28N4O4S/c1-19-7-11-22(12-8-19)17-32(37(35,36)25-13-9-20(2)10-14-25)18-27(34)30-24-6-4-5-23(16-24)28-29-21(3)15-26(33)31-28/h4-16H,17-18H2,1-3H3,(H,30,34)(H,29,31,33). The molecular formula is C28H28N4O4S. The van der Waals surface area contributed by atoms with Gasteiger partial charge in [-0.05, 0) is 50.6 Å². The molecule has 1 amide bonds. The summed E-state index contributed by atoms with van der Waals surface area (Å²) >= 11 is 0. The minimum atomic E-state index is -3.95. The fourth-order valence-electron chi connectivity index (χ4n) is 3.80. The molecule has 1 aromatic heterocycles. The molecule has 190 valence electrons. The second-order valence-corrected chi connectivity index (χ2v) is 10.9. The van der Waals surface area contributed by atoms with Crippen molar-refractivity contribution in [2.75, 3.05) is 11.9 Å². The van der Waals surface area contributed by atoms with E-state index in [9.17, 15) is 18.0 Å². The fraction of sp³-hybridized carbons (Fsp3) is 0.179. The number of aryl methyl sites for hydroxylation is 3. The Morgan fingerprint density at radius 1 is 0.919 bits per heavy atom. The molecule has 4 rings (SSSR count). The van der Waals surface area contributed by atoms with Crippen LogP contribution < -0.4 is 10.9 Å². The third-order valence-corrected chi connectivity index (χ3v) is 7.55. The van der Waals surface area contributed by atoms with Gasteiger partial charge in [0.05, 0.1) is 11.4 Å². The minimum absolute atomic E-state index is 0.0401. The SMILES string of the molecule is Cc1ccc(CN(CC(=O)Nc2cccc(-c3nc(C)cc(=O)[nH]3)c2)S(=O)(=O)c2ccc(C)cc2)cc1. The van der Waals surface area contributed by atoms with Crippen molar-refractivity contribution < 1.29 is 13.2 Å². The smallest absolute Gasteiger partial charge is 0.251 e. The normalized spacial score (nSPS) is 11.5. The van der Waals surface area contributed by atoms with E-state index in [1.165, 1.54) is 10.4 Å². The Balaban J connectivity index is 1.58. The molecule has 0 saturated heterocycles. The number of benzene rings is 3. The van der Waals surface area contributed by atoms with Crippen LogP contribution in [0.4, 0.5) is 5.69 Å². The van der Waals surface area contributed by atoms with Gasteiger partial charge in [0, 0.05) is 29.6 Å². The first-order valence-electron chi connectivity index (χ1n) is 11.7. The first kappa shape index (κ1) is 26.0. The number of rotatable bonds is 8. The molecule has 0 aliphatic heterocycles. The number of sulfonamides is 1. The lowest BCUT2D eigenvalue weighted by molar-refractivity contribution is -0.116. The van der Waals surface area contributed by atoms with Gasteiger partial charge in [-0.3, -0.25) is 9.59 Å². The zero-order chi connectivity index (χ0) is 26.6. The molecule has 2 N–H and O–H groups in total. The van der Waals surface area contributed by atoms with Crippen molar-refractivity contribution in [2.24, 2.45) is 0 Å². The number of nitrogens with one attached hydrogen (secondary N) is 2. The molecule has 1 heterocycles. The molecular weight excluding hydrogens is 488 g/mol. The fourth-order valence-corrected chi connectivity index (χ4v) is 5.19. The van der Waals surface area contributed by atoms with Crippen LogP contribution in [0.1, 0.15) is 22.4 Å². The van der Waals surface area contributed by atoms with Crippen LogP contribution in [0.2, 0.25) is 0 Å². The van der Waals surface area contributed by atoms with Gasteiger partial charge in [0.1, 0.15) is 5.82 Å². The highest BCUT2D eigenvalue weighted by Crippen LogP contribution is 2.21. The number of carbonyl (C=O) groups is 1. The number of carbonyl (C=O) groups excluding carboxylic acids is 1. The lowest BCUT2D eigenvalue weighted by Gasteiger charge is -2.22. The van der Waals surface area contributed by atoms with Crippen LogP contribution in [0.15, 0.2) is 88.6 Å². The van der Waals surface area contributed by atoms with Crippen molar-refractivity contribution in [2.45, 2.75) is 32.2 Å². The molecule has 4 aromatic rings. The van der Waals surface area contributed by atoms with E-state index in [1.54, 1.807) is 55.5 Å². The van der Waals surface area contributed by atoms with E-state index < -0.39 is 15.9 Å². The molecule has 0 spiro atoms. The maximum atomic E-state index is 13.5. The Bertz CT molecular complexity index is 1580. The summed E-state index contributed by atoms with van der Waals surface area (Å²) in [5.41, 5.74) is 4.12. The van der Waals surface area contributed by atoms with E-state index >= 15 is 0 Å². The van der Waals surface area contributed by atoms with Gasteiger partial charge >= 0.3 is 0 Å². The zero-order valence-electron chi connectivity index (χ0n) is 20.9. The van der Waals surface area contributed by atoms with Crippen LogP contribution >= 0.6 is 0 Å². The second kappa shape index (κ2) is 10.9. The van der Waals surface area contributed by atoms with E-state index in [0.29, 0.717) is 22.8 Å². The zero-order valence-corrected chi connectivity index (χ0v) is 21.7. The van der Waals surface area contributed by atoms with Crippen molar-refractivity contribution >= 4 is 21.6 Å². The third-order valence-electron chi connectivity index (χ3n) is 5.75. The molecule has 0 radical (unpaired) electrons. The first-order chi connectivity index (χ1) is 17.6. The topological polar surface area (TPSA) is 112 Å². The van der Waals surface area contributed by atoms with Gasteiger partial charge in [0.2, 0.25) is 15.9 Å². The number of anilines is 1. The lowest BCUT2D eigenvalue weighted by Crippen LogP contribution is -2.37. The molecule has 0 atom stereocenters. The minimum Gasteiger partial charge on any atom is -0.325 e. The molecule has 0 unspecified atom stereocenters. The van der Waals surface area contributed by atoms with Gasteiger partial charge in [-0.15, -0.1) is 0 Å². The highest BCUT2D eigenvalue weighted by Gasteiger charge is 2.27. The van der Waals surface area contributed by atoms with Crippen LogP contribution in [-0.4, -0.2) is 35.1 Å². The Labute approximate surface area is 216 Å². The van der Waals surface area contributed by atoms with Gasteiger partial charge in [-0.1, -0.05) is 59.7 Å². The summed E-state index contributed by atoms with van der Waals surface area (Å²) < 4.78 is 28.2. The molecule has 37 heavy (non-hydrogen) atoms. The molecule has 3 aromatic carbocycles. The summed E-state index contributed by atoms with van der Waals surface area (Å²) in [6, 6.07) is 22.3. The van der Waals surface area contributed by atoms with E-state index in [4.69, 9.17) is 0 Å². The average Bonchev–Trinajstić information content (AvgIpc) is 2.85. The van der Waals surface area contributed by atoms with E-state index in [1.807, 2.05) is 38.1 Å². The Morgan fingerprint density at radius 2 is 1.57 bits per heavy atom. The van der Waals surface area contributed by atoms with Crippen molar-refractivity contribution in [3.63, 3.8) is 0 Å².